The molecule has 1 aromatic heterocycles. The molecule has 0 aliphatic carbocycles. The monoisotopic (exact) mass is 569 g/mol. The largest absolute Gasteiger partial charge is 0.378 e. The van der Waals surface area contributed by atoms with Gasteiger partial charge in [0.05, 0.1) is 6.54 Å². The number of nitrogens with zero attached hydrogens (tertiary/aromatic N) is 3. The van der Waals surface area contributed by atoms with Crippen molar-refractivity contribution in [2.24, 2.45) is 0 Å². The quantitative estimate of drug-likeness (QED) is 0.194. The summed E-state index contributed by atoms with van der Waals surface area (Å²) in [6.07, 6.45) is 0.384. The number of carbonyl (C=O) groups excluding carboxylic acids is 1. The first kappa shape index (κ1) is 23.3. The van der Waals surface area contributed by atoms with Crippen LogP contribution in [0.1, 0.15) is 17.8 Å². The predicted octanol–water partition coefficient (Wildman–Crippen LogP) is 5.91. The van der Waals surface area contributed by atoms with Crippen LogP contribution in [0.15, 0.2) is 84.0 Å². The van der Waals surface area contributed by atoms with E-state index in [1.165, 1.54) is 17.3 Å². The van der Waals surface area contributed by atoms with E-state index in [2.05, 4.69) is 74.6 Å². The molecule has 0 unspecified atom stereocenters. The molecule has 0 atom stereocenters. The van der Waals surface area contributed by atoms with E-state index in [1.807, 2.05) is 59.2 Å². The normalized spacial score (nSPS) is 10.7. The van der Waals surface area contributed by atoms with Crippen molar-refractivity contribution in [3.05, 3.63) is 93.8 Å². The molecule has 0 spiro atoms. The molecule has 0 bridgehead atoms. The van der Waals surface area contributed by atoms with Gasteiger partial charge in [0.25, 0.3) is 0 Å². The highest BCUT2D eigenvalue weighted by molar-refractivity contribution is 14.1. The predicted molar refractivity (Wildman–Crippen MR) is 143 cm³/mol. The van der Waals surface area contributed by atoms with Crippen LogP contribution in [0.2, 0.25) is 0 Å². The SMILES string of the molecule is Cc1ccc(NCc2nnc(SCCC(=O)Nc3ccc(I)cc3)n2-c2ccccc2)cc1. The lowest BCUT2D eigenvalue weighted by Crippen LogP contribution is -2.12. The fourth-order valence-corrected chi connectivity index (χ4v) is 4.46. The van der Waals surface area contributed by atoms with Gasteiger partial charge in [-0.05, 0) is 78.0 Å². The van der Waals surface area contributed by atoms with Crippen LogP contribution in [0.5, 0.6) is 0 Å². The molecule has 4 rings (SSSR count). The molecule has 0 radical (unpaired) electrons. The summed E-state index contributed by atoms with van der Waals surface area (Å²) >= 11 is 3.77. The minimum Gasteiger partial charge on any atom is -0.378 e. The number of halogens is 1. The minimum absolute atomic E-state index is 0.0178. The Hall–Kier alpha value is -2.85. The molecule has 1 amide bonds. The van der Waals surface area contributed by atoms with Gasteiger partial charge in [0, 0.05) is 32.8 Å². The Bertz CT molecular complexity index is 1190. The number of benzene rings is 3. The van der Waals surface area contributed by atoms with Crippen LogP contribution in [-0.4, -0.2) is 26.4 Å². The lowest BCUT2D eigenvalue weighted by atomic mass is 10.2. The first-order valence-electron chi connectivity index (χ1n) is 10.6. The van der Waals surface area contributed by atoms with Crippen LogP contribution >= 0.6 is 34.4 Å². The third-order valence-electron chi connectivity index (χ3n) is 4.91. The summed E-state index contributed by atoms with van der Waals surface area (Å²) in [5.41, 5.74) is 4.05. The number of nitrogens with one attached hydrogen (secondary N) is 2. The van der Waals surface area contributed by atoms with Crippen LogP contribution in [0.25, 0.3) is 5.69 Å². The van der Waals surface area contributed by atoms with Gasteiger partial charge in [0.2, 0.25) is 5.91 Å². The van der Waals surface area contributed by atoms with E-state index in [0.29, 0.717) is 18.7 Å². The molecule has 0 aliphatic heterocycles. The zero-order chi connectivity index (χ0) is 23.0. The minimum atomic E-state index is -0.0178. The van der Waals surface area contributed by atoms with E-state index in [4.69, 9.17) is 0 Å². The summed E-state index contributed by atoms with van der Waals surface area (Å²) < 4.78 is 3.18. The van der Waals surface area contributed by atoms with Crippen LogP contribution in [-0.2, 0) is 11.3 Å². The zero-order valence-electron chi connectivity index (χ0n) is 18.2. The molecule has 1 heterocycles. The molecule has 4 aromatic rings. The van der Waals surface area contributed by atoms with Gasteiger partial charge in [0.15, 0.2) is 11.0 Å². The number of amides is 1. The van der Waals surface area contributed by atoms with Crippen LogP contribution in [0, 0.1) is 10.5 Å². The number of carbonyl (C=O) groups is 1. The molecular formula is C25H24IN5OS. The summed E-state index contributed by atoms with van der Waals surface area (Å²) in [5.74, 6) is 1.40. The number of anilines is 2. The molecule has 0 fully saturated rings. The summed E-state index contributed by atoms with van der Waals surface area (Å²) in [6, 6.07) is 26.1. The molecule has 0 saturated heterocycles. The second-order valence-electron chi connectivity index (χ2n) is 7.44. The Labute approximate surface area is 211 Å². The van der Waals surface area contributed by atoms with Gasteiger partial charge >= 0.3 is 0 Å². The van der Waals surface area contributed by atoms with E-state index in [-0.39, 0.29) is 5.91 Å². The highest BCUT2D eigenvalue weighted by atomic mass is 127. The first-order chi connectivity index (χ1) is 16.1. The topological polar surface area (TPSA) is 71.8 Å². The first-order valence-corrected chi connectivity index (χ1v) is 12.6. The number of para-hydroxylation sites is 1. The second-order valence-corrected chi connectivity index (χ2v) is 9.75. The smallest absolute Gasteiger partial charge is 0.225 e. The summed E-state index contributed by atoms with van der Waals surface area (Å²) in [4.78, 5) is 12.4. The fourth-order valence-electron chi connectivity index (χ4n) is 3.19. The van der Waals surface area contributed by atoms with E-state index in [1.54, 1.807) is 0 Å². The Kier molecular flexibility index (Phi) is 8.01. The average molecular weight is 569 g/mol. The molecule has 168 valence electrons. The van der Waals surface area contributed by atoms with Crippen molar-refractivity contribution in [3.8, 4) is 5.69 Å². The van der Waals surface area contributed by atoms with Crippen molar-refractivity contribution < 1.29 is 4.79 Å². The maximum Gasteiger partial charge on any atom is 0.225 e. The summed E-state index contributed by atoms with van der Waals surface area (Å²) in [7, 11) is 0. The standard InChI is InChI=1S/C25H24IN5OS/c1-18-7-11-20(12-8-18)27-17-23-29-30-25(31(23)22-5-3-2-4-6-22)33-16-15-24(32)28-21-13-9-19(26)10-14-21/h2-14,27H,15-17H2,1H3,(H,28,32). The number of rotatable bonds is 9. The lowest BCUT2D eigenvalue weighted by molar-refractivity contribution is -0.115. The Morgan fingerprint density at radius 3 is 2.36 bits per heavy atom. The van der Waals surface area contributed by atoms with Crippen molar-refractivity contribution in [3.63, 3.8) is 0 Å². The molecular weight excluding hydrogens is 545 g/mol. The van der Waals surface area contributed by atoms with E-state index < -0.39 is 0 Å². The van der Waals surface area contributed by atoms with Crippen molar-refractivity contribution >= 4 is 51.6 Å². The number of hydrogen-bond donors (Lipinski definition) is 2. The van der Waals surface area contributed by atoms with Gasteiger partial charge in [0.1, 0.15) is 0 Å². The molecule has 2 N–H and O–H groups in total. The highest BCUT2D eigenvalue weighted by Gasteiger charge is 2.15. The van der Waals surface area contributed by atoms with Crippen molar-refractivity contribution in [1.82, 2.24) is 14.8 Å². The van der Waals surface area contributed by atoms with Gasteiger partial charge in [-0.3, -0.25) is 9.36 Å². The van der Waals surface area contributed by atoms with E-state index >= 15 is 0 Å². The molecule has 0 saturated carbocycles. The number of thioether (sulfide) groups is 1. The third-order valence-corrected chi connectivity index (χ3v) is 6.56. The van der Waals surface area contributed by atoms with Crippen LogP contribution in [0.4, 0.5) is 11.4 Å². The van der Waals surface area contributed by atoms with Crippen LogP contribution < -0.4 is 10.6 Å². The Morgan fingerprint density at radius 1 is 0.939 bits per heavy atom. The summed E-state index contributed by atoms with van der Waals surface area (Å²) in [5, 5.41) is 16.0. The number of aromatic nitrogens is 3. The molecule has 3 aromatic carbocycles. The van der Waals surface area contributed by atoms with E-state index in [9.17, 15) is 4.79 Å². The summed E-state index contributed by atoms with van der Waals surface area (Å²) in [6.45, 7) is 2.61. The molecule has 0 aliphatic rings. The van der Waals surface area contributed by atoms with Crippen molar-refractivity contribution in [2.45, 2.75) is 25.0 Å². The van der Waals surface area contributed by atoms with Gasteiger partial charge in [-0.1, -0.05) is 47.7 Å². The fraction of sp³-hybridized carbons (Fsp3) is 0.160. The zero-order valence-corrected chi connectivity index (χ0v) is 21.1. The van der Waals surface area contributed by atoms with Gasteiger partial charge in [-0.15, -0.1) is 10.2 Å². The highest BCUT2D eigenvalue weighted by Crippen LogP contribution is 2.23. The Morgan fingerprint density at radius 2 is 1.64 bits per heavy atom. The molecule has 33 heavy (non-hydrogen) atoms. The van der Waals surface area contributed by atoms with Crippen molar-refractivity contribution in [1.29, 1.82) is 0 Å². The average Bonchev–Trinajstić information content (AvgIpc) is 3.23. The second kappa shape index (κ2) is 11.3. The van der Waals surface area contributed by atoms with Crippen molar-refractivity contribution in [2.75, 3.05) is 16.4 Å². The molecule has 6 nitrogen and oxygen atoms in total. The maximum absolute atomic E-state index is 12.4. The molecule has 8 heteroatoms. The number of hydrogen-bond acceptors (Lipinski definition) is 5. The van der Waals surface area contributed by atoms with Gasteiger partial charge in [-0.2, -0.15) is 0 Å². The Balaban J connectivity index is 1.42. The lowest BCUT2D eigenvalue weighted by Gasteiger charge is -2.11. The van der Waals surface area contributed by atoms with Crippen LogP contribution in [0.3, 0.4) is 0 Å². The maximum atomic E-state index is 12.4. The number of aryl methyl sites for hydroxylation is 1. The van der Waals surface area contributed by atoms with Gasteiger partial charge in [-0.25, -0.2) is 0 Å². The third kappa shape index (κ3) is 6.58. The van der Waals surface area contributed by atoms with E-state index in [0.717, 1.165) is 31.6 Å². The van der Waals surface area contributed by atoms with Gasteiger partial charge < -0.3 is 10.6 Å².